The zero-order chi connectivity index (χ0) is 24.2. The third-order valence-corrected chi connectivity index (χ3v) is 5.76. The molecule has 3 aromatic rings. The summed E-state index contributed by atoms with van der Waals surface area (Å²) in [5.41, 5.74) is -2.61. The van der Waals surface area contributed by atoms with Crippen LogP contribution in [0, 0.1) is 0 Å². The fraction of sp³-hybridized carbons (Fsp3) is 0.136. The highest BCUT2D eigenvalue weighted by Gasteiger charge is 2.55. The number of nitrogens with zero attached hydrogens (tertiary/aromatic N) is 1. The molecule has 1 atom stereocenters. The summed E-state index contributed by atoms with van der Waals surface area (Å²) in [6.07, 6.45) is -2.11. The van der Waals surface area contributed by atoms with E-state index in [0.29, 0.717) is 23.1 Å². The first-order valence-electron chi connectivity index (χ1n) is 9.37. The van der Waals surface area contributed by atoms with Crippen molar-refractivity contribution in [2.75, 3.05) is 10.6 Å². The zero-order valence-corrected chi connectivity index (χ0v) is 18.6. The molecule has 0 unspecified atom stereocenters. The van der Waals surface area contributed by atoms with E-state index in [1.165, 1.54) is 30.1 Å². The number of halogens is 4. The number of anilines is 2. The van der Waals surface area contributed by atoms with Crippen molar-refractivity contribution >= 4 is 46.6 Å². The first-order valence-corrected chi connectivity index (χ1v) is 10.6. The van der Waals surface area contributed by atoms with Crippen LogP contribution < -0.4 is 10.6 Å². The summed E-state index contributed by atoms with van der Waals surface area (Å²) in [5.74, 6) is -1.93. The maximum Gasteiger partial charge on any atom is 0.426 e. The minimum absolute atomic E-state index is 0.00618. The van der Waals surface area contributed by atoms with Gasteiger partial charge in [0.1, 0.15) is 0 Å². The monoisotopic (exact) mass is 495 g/mol. The van der Waals surface area contributed by atoms with Crippen molar-refractivity contribution in [2.24, 2.45) is 0 Å². The molecule has 0 saturated carbocycles. The Morgan fingerprint density at radius 1 is 1.03 bits per heavy atom. The maximum absolute atomic E-state index is 12.8. The molecular weight excluding hydrogens is 479 g/mol. The van der Waals surface area contributed by atoms with E-state index in [2.05, 4.69) is 10.3 Å². The van der Waals surface area contributed by atoms with Gasteiger partial charge in [-0.3, -0.25) is 14.6 Å². The van der Waals surface area contributed by atoms with Crippen LogP contribution in [-0.4, -0.2) is 33.7 Å². The number of rotatable bonds is 6. The molecule has 0 aliphatic rings. The second-order valence-corrected chi connectivity index (χ2v) is 8.54. The molecule has 0 bridgehead atoms. The van der Waals surface area contributed by atoms with E-state index in [9.17, 15) is 27.9 Å². The van der Waals surface area contributed by atoms with Gasteiger partial charge in [0.2, 0.25) is 5.60 Å². The number of carbonyl (C=O) groups is 2. The second kappa shape index (κ2) is 9.82. The third-order valence-electron chi connectivity index (χ3n) is 4.45. The van der Waals surface area contributed by atoms with Crippen LogP contribution in [0.15, 0.2) is 76.8 Å². The quantitative estimate of drug-likeness (QED) is 0.426. The molecule has 2 amide bonds. The average molecular weight is 496 g/mol. The summed E-state index contributed by atoms with van der Waals surface area (Å²) in [6, 6.07) is 14.7. The molecule has 0 radical (unpaired) electrons. The van der Waals surface area contributed by atoms with Crippen molar-refractivity contribution in [1.29, 1.82) is 0 Å². The molecule has 11 heteroatoms. The topological polar surface area (TPSA) is 91.3 Å². The van der Waals surface area contributed by atoms with Crippen LogP contribution >= 0.6 is 23.4 Å². The Hall–Kier alpha value is -3.08. The molecule has 0 aliphatic carbocycles. The summed E-state index contributed by atoms with van der Waals surface area (Å²) in [6.45, 7) is 0.364. The van der Waals surface area contributed by atoms with Crippen LogP contribution in [0.5, 0.6) is 0 Å². The lowest BCUT2D eigenvalue weighted by atomic mass is 10.1. The van der Waals surface area contributed by atoms with Crippen LogP contribution in [0.3, 0.4) is 0 Å². The first-order chi connectivity index (χ1) is 15.5. The predicted molar refractivity (Wildman–Crippen MR) is 120 cm³/mol. The number of pyridine rings is 1. The minimum atomic E-state index is -5.14. The highest BCUT2D eigenvalue weighted by molar-refractivity contribution is 7.99. The molecule has 2 aromatic carbocycles. The fourth-order valence-corrected chi connectivity index (χ4v) is 3.63. The first kappa shape index (κ1) is 24.6. The van der Waals surface area contributed by atoms with Gasteiger partial charge < -0.3 is 15.7 Å². The number of nitrogens with one attached hydrogen (secondary N) is 2. The van der Waals surface area contributed by atoms with Gasteiger partial charge in [0, 0.05) is 27.9 Å². The lowest BCUT2D eigenvalue weighted by Gasteiger charge is -2.25. The number of amides is 2. The Bertz CT molecular complexity index is 1160. The van der Waals surface area contributed by atoms with E-state index in [1.807, 2.05) is 5.32 Å². The third kappa shape index (κ3) is 6.04. The van der Waals surface area contributed by atoms with Crippen molar-refractivity contribution < 1.29 is 27.9 Å². The normalized spacial score (nSPS) is 13.2. The summed E-state index contributed by atoms with van der Waals surface area (Å²) in [5, 5.41) is 14.2. The van der Waals surface area contributed by atoms with E-state index in [4.69, 9.17) is 11.6 Å². The Morgan fingerprint density at radius 3 is 2.27 bits per heavy atom. The highest BCUT2D eigenvalue weighted by Crippen LogP contribution is 2.35. The lowest BCUT2D eigenvalue weighted by molar-refractivity contribution is -0.242. The van der Waals surface area contributed by atoms with Gasteiger partial charge in [0.25, 0.3) is 11.8 Å². The van der Waals surface area contributed by atoms with Crippen molar-refractivity contribution in [3.63, 3.8) is 0 Å². The molecule has 1 heterocycles. The van der Waals surface area contributed by atoms with E-state index >= 15 is 0 Å². The van der Waals surface area contributed by atoms with Crippen LogP contribution in [0.4, 0.5) is 24.5 Å². The number of aromatic nitrogens is 1. The van der Waals surface area contributed by atoms with Gasteiger partial charge >= 0.3 is 6.18 Å². The van der Waals surface area contributed by atoms with Crippen molar-refractivity contribution in [3.05, 3.63) is 77.6 Å². The van der Waals surface area contributed by atoms with Crippen LogP contribution in [-0.2, 0) is 4.79 Å². The average Bonchev–Trinajstić information content (AvgIpc) is 2.76. The van der Waals surface area contributed by atoms with Gasteiger partial charge in [-0.25, -0.2) is 0 Å². The molecule has 1 aromatic heterocycles. The summed E-state index contributed by atoms with van der Waals surface area (Å²) >= 11 is 7.42. The van der Waals surface area contributed by atoms with Crippen LogP contribution in [0.2, 0.25) is 5.02 Å². The number of alkyl halides is 3. The molecule has 0 fully saturated rings. The van der Waals surface area contributed by atoms with E-state index in [1.54, 1.807) is 48.7 Å². The summed E-state index contributed by atoms with van der Waals surface area (Å²) in [7, 11) is 0. The second-order valence-electron chi connectivity index (χ2n) is 6.99. The highest BCUT2D eigenvalue weighted by atomic mass is 35.5. The summed E-state index contributed by atoms with van der Waals surface area (Å²) < 4.78 is 38.4. The van der Waals surface area contributed by atoms with E-state index < -0.39 is 17.7 Å². The van der Waals surface area contributed by atoms with Gasteiger partial charge in [-0.1, -0.05) is 23.4 Å². The lowest BCUT2D eigenvalue weighted by Crippen LogP contribution is -2.52. The fourth-order valence-electron chi connectivity index (χ4n) is 2.48. The van der Waals surface area contributed by atoms with Crippen molar-refractivity contribution in [2.45, 2.75) is 28.5 Å². The van der Waals surface area contributed by atoms with Gasteiger partial charge in [-0.05, 0) is 61.5 Å². The van der Waals surface area contributed by atoms with Gasteiger partial charge in [0.15, 0.2) is 0 Å². The van der Waals surface area contributed by atoms with Gasteiger partial charge in [0.05, 0.1) is 16.3 Å². The Labute approximate surface area is 196 Å². The largest absolute Gasteiger partial charge is 0.426 e. The minimum Gasteiger partial charge on any atom is -0.373 e. The van der Waals surface area contributed by atoms with Crippen LogP contribution in [0.1, 0.15) is 17.3 Å². The molecule has 0 aliphatic heterocycles. The molecule has 172 valence electrons. The Balaban J connectivity index is 1.64. The molecular formula is C22H17ClF3N3O3S. The predicted octanol–water partition coefficient (Wildman–Crippen LogP) is 5.39. The van der Waals surface area contributed by atoms with Crippen molar-refractivity contribution in [1.82, 2.24) is 4.98 Å². The number of hydrogen-bond acceptors (Lipinski definition) is 5. The molecule has 0 spiro atoms. The SMILES string of the molecule is C[C@@](O)(C(=O)Nc1ccc(Sc2ccc(NC(=O)c3cccnc3)cc2)cc1Cl)C(F)(F)F. The molecule has 3 N–H and O–H groups in total. The van der Waals surface area contributed by atoms with Gasteiger partial charge in [-0.2, -0.15) is 13.2 Å². The van der Waals surface area contributed by atoms with Crippen molar-refractivity contribution in [3.8, 4) is 0 Å². The molecule has 6 nitrogen and oxygen atoms in total. The Kier molecular flexibility index (Phi) is 7.31. The number of hydrogen-bond donors (Lipinski definition) is 3. The zero-order valence-electron chi connectivity index (χ0n) is 17.0. The smallest absolute Gasteiger partial charge is 0.373 e. The van der Waals surface area contributed by atoms with E-state index in [-0.39, 0.29) is 16.6 Å². The van der Waals surface area contributed by atoms with Crippen LogP contribution in [0.25, 0.3) is 0 Å². The number of benzene rings is 2. The molecule has 33 heavy (non-hydrogen) atoms. The number of carbonyl (C=O) groups excluding carboxylic acids is 2. The summed E-state index contributed by atoms with van der Waals surface area (Å²) in [4.78, 5) is 29.4. The Morgan fingerprint density at radius 2 is 1.70 bits per heavy atom. The standard InChI is InChI=1S/C22H17ClF3N3O3S/c1-21(32,22(24,25)26)20(31)29-18-9-8-16(11-17(18)23)33-15-6-4-14(5-7-15)28-19(30)13-3-2-10-27-12-13/h2-12,32H,1H3,(H,28,30)(H,29,31)/t21-/m1/s1. The molecule has 0 saturated heterocycles. The van der Waals surface area contributed by atoms with E-state index in [0.717, 1.165) is 4.90 Å². The maximum atomic E-state index is 12.8. The number of aliphatic hydroxyl groups is 1. The molecule has 3 rings (SSSR count). The van der Waals surface area contributed by atoms with Gasteiger partial charge in [-0.15, -0.1) is 0 Å².